The Kier molecular flexibility index (Phi) is 3.73. The number of nitrogens with zero attached hydrogens (tertiary/aromatic N) is 2. The van der Waals surface area contributed by atoms with E-state index in [1.165, 1.54) is 19.3 Å². The van der Waals surface area contributed by atoms with E-state index in [1.54, 1.807) is 12.3 Å². The minimum Gasteiger partial charge on any atom is -0.381 e. The van der Waals surface area contributed by atoms with Crippen molar-refractivity contribution in [2.24, 2.45) is 0 Å². The summed E-state index contributed by atoms with van der Waals surface area (Å²) in [5, 5.41) is 15.6. The van der Waals surface area contributed by atoms with Gasteiger partial charge in [0.15, 0.2) is 0 Å². The van der Waals surface area contributed by atoms with E-state index in [2.05, 4.69) is 21.7 Å². The number of hydrogen-bond donors (Lipinski definition) is 2. The first kappa shape index (κ1) is 10.9. The summed E-state index contributed by atoms with van der Waals surface area (Å²) in [6.07, 6.45) is 5.35. The minimum absolute atomic E-state index is 0.455. The number of aromatic nitrogens is 1. The molecule has 1 unspecified atom stereocenters. The molecule has 0 amide bonds. The molecule has 84 valence electrons. The van der Waals surface area contributed by atoms with E-state index >= 15 is 0 Å². The normalized spacial score (nSPS) is 20.8. The molecule has 1 aromatic rings. The Bertz CT molecular complexity index is 375. The molecule has 2 rings (SSSR count). The lowest BCUT2D eigenvalue weighted by Crippen LogP contribution is -2.30. The molecule has 1 aliphatic rings. The SMILES string of the molecule is N#Cc1cc(NC2CCCCNC2)ccn1. The van der Waals surface area contributed by atoms with Gasteiger partial charge < -0.3 is 10.6 Å². The maximum Gasteiger partial charge on any atom is 0.142 e. The summed E-state index contributed by atoms with van der Waals surface area (Å²) in [6, 6.07) is 6.21. The predicted molar refractivity (Wildman–Crippen MR) is 63.1 cm³/mol. The molecule has 1 saturated heterocycles. The number of rotatable bonds is 2. The molecule has 0 bridgehead atoms. The lowest BCUT2D eigenvalue weighted by atomic mass is 10.1. The summed E-state index contributed by atoms with van der Waals surface area (Å²) in [5.41, 5.74) is 1.45. The van der Waals surface area contributed by atoms with E-state index in [9.17, 15) is 0 Å². The van der Waals surface area contributed by atoms with Crippen molar-refractivity contribution in [3.05, 3.63) is 24.0 Å². The van der Waals surface area contributed by atoms with E-state index in [1.807, 2.05) is 6.07 Å². The first-order valence-electron chi connectivity index (χ1n) is 5.72. The highest BCUT2D eigenvalue weighted by Gasteiger charge is 2.11. The van der Waals surface area contributed by atoms with Crippen molar-refractivity contribution in [3.8, 4) is 6.07 Å². The molecule has 0 aliphatic carbocycles. The van der Waals surface area contributed by atoms with E-state index in [0.29, 0.717) is 11.7 Å². The molecular formula is C12H16N4. The summed E-state index contributed by atoms with van der Waals surface area (Å²) >= 11 is 0. The zero-order chi connectivity index (χ0) is 11.2. The third kappa shape index (κ3) is 2.94. The zero-order valence-electron chi connectivity index (χ0n) is 9.24. The predicted octanol–water partition coefficient (Wildman–Crippen LogP) is 1.51. The Labute approximate surface area is 95.7 Å². The van der Waals surface area contributed by atoms with Crippen molar-refractivity contribution < 1.29 is 0 Å². The Morgan fingerprint density at radius 3 is 3.31 bits per heavy atom. The van der Waals surface area contributed by atoms with Crippen molar-refractivity contribution in [1.82, 2.24) is 10.3 Å². The van der Waals surface area contributed by atoms with Crippen LogP contribution in [-0.4, -0.2) is 24.1 Å². The molecular weight excluding hydrogens is 200 g/mol. The Morgan fingerprint density at radius 2 is 2.44 bits per heavy atom. The van der Waals surface area contributed by atoms with E-state index in [0.717, 1.165) is 18.8 Å². The summed E-state index contributed by atoms with van der Waals surface area (Å²) in [5.74, 6) is 0. The van der Waals surface area contributed by atoms with Crippen molar-refractivity contribution in [1.29, 1.82) is 5.26 Å². The number of nitrogens with one attached hydrogen (secondary N) is 2. The van der Waals surface area contributed by atoms with Crippen molar-refractivity contribution in [2.45, 2.75) is 25.3 Å². The third-order valence-electron chi connectivity index (χ3n) is 2.79. The quantitative estimate of drug-likeness (QED) is 0.786. The van der Waals surface area contributed by atoms with Crippen molar-refractivity contribution in [3.63, 3.8) is 0 Å². The summed E-state index contributed by atoms with van der Waals surface area (Å²) in [4.78, 5) is 3.95. The highest BCUT2D eigenvalue weighted by Crippen LogP contribution is 2.13. The van der Waals surface area contributed by atoms with Gasteiger partial charge in [-0.15, -0.1) is 0 Å². The van der Waals surface area contributed by atoms with Gasteiger partial charge in [0.05, 0.1) is 0 Å². The van der Waals surface area contributed by atoms with Gasteiger partial charge in [-0.2, -0.15) is 5.26 Å². The molecule has 1 atom stereocenters. The molecule has 0 aromatic carbocycles. The van der Waals surface area contributed by atoms with Crippen LogP contribution in [0.4, 0.5) is 5.69 Å². The topological polar surface area (TPSA) is 60.7 Å². The van der Waals surface area contributed by atoms with Crippen LogP contribution >= 0.6 is 0 Å². The summed E-state index contributed by atoms with van der Waals surface area (Å²) < 4.78 is 0. The standard InChI is InChI=1S/C12H16N4/c13-8-12-7-10(4-6-15-12)16-11-3-1-2-5-14-9-11/h4,6-7,11,14H,1-3,5,9H2,(H,15,16). The van der Waals surface area contributed by atoms with Crippen LogP contribution in [0.5, 0.6) is 0 Å². The Morgan fingerprint density at radius 1 is 1.50 bits per heavy atom. The lowest BCUT2D eigenvalue weighted by Gasteiger charge is -2.17. The molecule has 4 heteroatoms. The Balaban J connectivity index is 1.99. The molecule has 0 saturated carbocycles. The van der Waals surface area contributed by atoms with Crippen LogP contribution in [0.25, 0.3) is 0 Å². The maximum atomic E-state index is 8.76. The van der Waals surface area contributed by atoms with E-state index < -0.39 is 0 Å². The van der Waals surface area contributed by atoms with Gasteiger partial charge in [0.1, 0.15) is 11.8 Å². The first-order chi connectivity index (χ1) is 7.88. The molecule has 0 spiro atoms. The van der Waals surface area contributed by atoms with Crippen molar-refractivity contribution >= 4 is 5.69 Å². The van der Waals surface area contributed by atoms with Gasteiger partial charge in [-0.25, -0.2) is 4.98 Å². The average Bonchev–Trinajstić information content (AvgIpc) is 2.58. The second-order valence-corrected chi connectivity index (χ2v) is 4.08. The maximum absolute atomic E-state index is 8.76. The van der Waals surface area contributed by atoms with E-state index in [4.69, 9.17) is 5.26 Å². The molecule has 2 N–H and O–H groups in total. The molecule has 1 aromatic heterocycles. The second kappa shape index (κ2) is 5.47. The summed E-state index contributed by atoms with van der Waals surface area (Å²) in [6.45, 7) is 2.10. The van der Waals surface area contributed by atoms with Gasteiger partial charge in [-0.05, 0) is 31.5 Å². The molecule has 0 radical (unpaired) electrons. The molecule has 1 fully saturated rings. The van der Waals surface area contributed by atoms with Gasteiger partial charge in [0.25, 0.3) is 0 Å². The third-order valence-corrected chi connectivity index (χ3v) is 2.79. The fraction of sp³-hybridized carbons (Fsp3) is 0.500. The highest BCUT2D eigenvalue weighted by atomic mass is 15.0. The number of anilines is 1. The second-order valence-electron chi connectivity index (χ2n) is 4.08. The highest BCUT2D eigenvalue weighted by molar-refractivity contribution is 5.46. The monoisotopic (exact) mass is 216 g/mol. The fourth-order valence-electron chi connectivity index (χ4n) is 1.96. The largest absolute Gasteiger partial charge is 0.381 e. The van der Waals surface area contributed by atoms with Crippen LogP contribution < -0.4 is 10.6 Å². The molecule has 2 heterocycles. The Hall–Kier alpha value is -1.60. The van der Waals surface area contributed by atoms with Crippen LogP contribution in [0, 0.1) is 11.3 Å². The minimum atomic E-state index is 0.455. The van der Waals surface area contributed by atoms with Crippen LogP contribution in [0.1, 0.15) is 25.0 Å². The van der Waals surface area contributed by atoms with Crippen LogP contribution in [0.3, 0.4) is 0 Å². The molecule has 1 aliphatic heterocycles. The number of hydrogen-bond acceptors (Lipinski definition) is 4. The zero-order valence-corrected chi connectivity index (χ0v) is 9.24. The van der Waals surface area contributed by atoms with Gasteiger partial charge in [-0.3, -0.25) is 0 Å². The van der Waals surface area contributed by atoms with Gasteiger partial charge in [-0.1, -0.05) is 6.42 Å². The first-order valence-corrected chi connectivity index (χ1v) is 5.72. The summed E-state index contributed by atoms with van der Waals surface area (Å²) in [7, 11) is 0. The smallest absolute Gasteiger partial charge is 0.142 e. The van der Waals surface area contributed by atoms with Crippen LogP contribution in [0.2, 0.25) is 0 Å². The van der Waals surface area contributed by atoms with Gasteiger partial charge >= 0.3 is 0 Å². The lowest BCUT2D eigenvalue weighted by molar-refractivity contribution is 0.636. The molecule has 4 nitrogen and oxygen atoms in total. The van der Waals surface area contributed by atoms with Crippen LogP contribution in [-0.2, 0) is 0 Å². The van der Waals surface area contributed by atoms with Crippen LogP contribution in [0.15, 0.2) is 18.3 Å². The molecule has 16 heavy (non-hydrogen) atoms. The van der Waals surface area contributed by atoms with E-state index in [-0.39, 0.29) is 0 Å². The fourth-order valence-corrected chi connectivity index (χ4v) is 1.96. The van der Waals surface area contributed by atoms with Gasteiger partial charge in [0.2, 0.25) is 0 Å². The van der Waals surface area contributed by atoms with Gasteiger partial charge in [0, 0.05) is 24.5 Å². The number of pyridine rings is 1. The average molecular weight is 216 g/mol. The number of nitriles is 1. The van der Waals surface area contributed by atoms with Crippen molar-refractivity contribution in [2.75, 3.05) is 18.4 Å².